The van der Waals surface area contributed by atoms with Crippen LogP contribution in [0.4, 0.5) is 5.69 Å². The second-order valence-electron chi connectivity index (χ2n) is 5.37. The van der Waals surface area contributed by atoms with Gasteiger partial charge in [0.05, 0.1) is 4.92 Å². The van der Waals surface area contributed by atoms with Gasteiger partial charge in [-0.2, -0.15) is 0 Å². The van der Waals surface area contributed by atoms with E-state index in [0.717, 1.165) is 4.47 Å². The average Bonchev–Trinajstić information content (AvgIpc) is 3.09. The smallest absolute Gasteiger partial charge is 0.311 e. The third kappa shape index (κ3) is 3.89. The second kappa shape index (κ2) is 7.37. The van der Waals surface area contributed by atoms with Gasteiger partial charge >= 0.3 is 5.69 Å². The van der Waals surface area contributed by atoms with Gasteiger partial charge in [-0.05, 0) is 60.7 Å². The Morgan fingerprint density at radius 3 is 2.54 bits per heavy atom. The number of phenols is 1. The fourth-order valence-electron chi connectivity index (χ4n) is 2.29. The number of carbonyl (C=O) groups excluding carboxylic acids is 1. The van der Waals surface area contributed by atoms with Gasteiger partial charge in [-0.1, -0.05) is 15.9 Å². The first kappa shape index (κ1) is 17.6. The lowest BCUT2D eigenvalue weighted by atomic mass is 10.1. The zero-order valence-corrected chi connectivity index (χ0v) is 14.8. The predicted octanol–water partition coefficient (Wildman–Crippen LogP) is 5.22. The van der Waals surface area contributed by atoms with Crippen molar-refractivity contribution >= 4 is 33.5 Å². The van der Waals surface area contributed by atoms with Crippen LogP contribution in [0, 0.1) is 10.1 Å². The van der Waals surface area contributed by atoms with Crippen molar-refractivity contribution in [2.75, 3.05) is 0 Å². The number of benzene rings is 2. The van der Waals surface area contributed by atoms with Gasteiger partial charge in [0.2, 0.25) is 0 Å². The van der Waals surface area contributed by atoms with E-state index in [1.165, 1.54) is 30.4 Å². The molecule has 0 radical (unpaired) electrons. The number of phenolic OH excluding ortho intramolecular Hbond substituents is 1. The third-order valence-corrected chi connectivity index (χ3v) is 4.14. The highest BCUT2D eigenvalue weighted by Gasteiger charge is 2.15. The molecule has 0 aliphatic rings. The van der Waals surface area contributed by atoms with Crippen molar-refractivity contribution in [3.8, 4) is 17.1 Å². The van der Waals surface area contributed by atoms with E-state index in [9.17, 15) is 20.0 Å². The maximum Gasteiger partial charge on any atom is 0.311 e. The molecule has 0 amide bonds. The van der Waals surface area contributed by atoms with Crippen LogP contribution in [0.1, 0.15) is 16.1 Å². The van der Waals surface area contributed by atoms with Crippen LogP contribution in [0.15, 0.2) is 69.6 Å². The zero-order valence-electron chi connectivity index (χ0n) is 13.3. The van der Waals surface area contributed by atoms with Crippen LogP contribution in [0.25, 0.3) is 17.4 Å². The lowest BCUT2D eigenvalue weighted by Crippen LogP contribution is -1.92. The molecular formula is C19H12BrNO5. The number of nitro groups is 1. The molecule has 3 aromatic rings. The fourth-order valence-corrected chi connectivity index (χ4v) is 2.55. The molecule has 130 valence electrons. The van der Waals surface area contributed by atoms with Crippen molar-refractivity contribution in [3.05, 3.63) is 86.6 Å². The molecule has 26 heavy (non-hydrogen) atoms. The molecule has 0 unspecified atom stereocenters. The normalized spacial score (nSPS) is 11.0. The van der Waals surface area contributed by atoms with Gasteiger partial charge in [-0.3, -0.25) is 14.9 Å². The minimum absolute atomic E-state index is 0.171. The van der Waals surface area contributed by atoms with Crippen molar-refractivity contribution in [1.82, 2.24) is 0 Å². The Morgan fingerprint density at radius 2 is 1.85 bits per heavy atom. The van der Waals surface area contributed by atoms with E-state index in [4.69, 9.17) is 4.42 Å². The Labute approximate surface area is 156 Å². The van der Waals surface area contributed by atoms with E-state index in [2.05, 4.69) is 15.9 Å². The number of carbonyl (C=O) groups is 1. The number of furan rings is 1. The van der Waals surface area contributed by atoms with Gasteiger partial charge in [0.15, 0.2) is 11.5 Å². The first-order chi connectivity index (χ1) is 12.4. The summed E-state index contributed by atoms with van der Waals surface area (Å²) in [5.41, 5.74) is 0.597. The highest BCUT2D eigenvalue weighted by molar-refractivity contribution is 9.10. The number of ketones is 1. The molecule has 0 saturated carbocycles. The van der Waals surface area contributed by atoms with Gasteiger partial charge in [0, 0.05) is 21.7 Å². The predicted molar refractivity (Wildman–Crippen MR) is 100.0 cm³/mol. The van der Waals surface area contributed by atoms with Crippen LogP contribution in [0.3, 0.4) is 0 Å². The molecular weight excluding hydrogens is 402 g/mol. The minimum atomic E-state index is -0.667. The summed E-state index contributed by atoms with van der Waals surface area (Å²) in [6.45, 7) is 0. The summed E-state index contributed by atoms with van der Waals surface area (Å²) in [4.78, 5) is 22.4. The number of halogens is 1. The fraction of sp³-hybridized carbons (Fsp3) is 0. The van der Waals surface area contributed by atoms with E-state index in [1.54, 1.807) is 36.4 Å². The van der Waals surface area contributed by atoms with Gasteiger partial charge in [0.25, 0.3) is 0 Å². The zero-order chi connectivity index (χ0) is 18.7. The molecule has 1 aromatic heterocycles. The Bertz CT molecular complexity index is 1010. The van der Waals surface area contributed by atoms with Crippen molar-refractivity contribution in [2.24, 2.45) is 0 Å². The summed E-state index contributed by atoms with van der Waals surface area (Å²) in [6.07, 6.45) is 2.92. The number of hydrogen-bond acceptors (Lipinski definition) is 5. The third-order valence-electron chi connectivity index (χ3n) is 3.61. The first-order valence-electron chi connectivity index (χ1n) is 7.49. The molecule has 0 atom stereocenters. The molecule has 0 bridgehead atoms. The Balaban J connectivity index is 1.80. The van der Waals surface area contributed by atoms with E-state index in [-0.39, 0.29) is 5.78 Å². The van der Waals surface area contributed by atoms with Crippen LogP contribution in [0.2, 0.25) is 0 Å². The number of aromatic hydroxyl groups is 1. The monoisotopic (exact) mass is 413 g/mol. The standard InChI is InChI=1S/C19H12BrNO5/c20-14-4-1-12(2-5-14)17(22)9-6-15-7-10-19(26-15)13-3-8-18(23)16(11-13)21(24)25/h1-11,23H/b9-6+. The number of rotatable bonds is 5. The highest BCUT2D eigenvalue weighted by atomic mass is 79.9. The molecule has 1 heterocycles. The number of allylic oxidation sites excluding steroid dienone is 1. The Kier molecular flexibility index (Phi) is 4.99. The van der Waals surface area contributed by atoms with Gasteiger partial charge in [0.1, 0.15) is 11.5 Å². The molecule has 3 rings (SSSR count). The summed E-state index contributed by atoms with van der Waals surface area (Å²) in [5, 5.41) is 20.4. The van der Waals surface area contributed by atoms with Crippen LogP contribution in [0.5, 0.6) is 5.75 Å². The number of nitrogens with zero attached hydrogens (tertiary/aromatic N) is 1. The lowest BCUT2D eigenvalue weighted by molar-refractivity contribution is -0.385. The SMILES string of the molecule is O=C(/C=C/c1ccc(-c2ccc(O)c([N+](=O)[O-])c2)o1)c1ccc(Br)cc1. The maximum absolute atomic E-state index is 12.1. The molecule has 0 spiro atoms. The topological polar surface area (TPSA) is 93.6 Å². The van der Waals surface area contributed by atoms with Crippen LogP contribution in [-0.2, 0) is 0 Å². The van der Waals surface area contributed by atoms with Crippen molar-refractivity contribution < 1.29 is 19.2 Å². The number of hydrogen-bond donors (Lipinski definition) is 1. The molecule has 0 aliphatic carbocycles. The summed E-state index contributed by atoms with van der Waals surface area (Å²) < 4.78 is 6.48. The summed E-state index contributed by atoms with van der Waals surface area (Å²) in [5.74, 6) is 0.242. The molecule has 6 nitrogen and oxygen atoms in total. The molecule has 0 saturated heterocycles. The van der Waals surface area contributed by atoms with Gasteiger partial charge in [-0.25, -0.2) is 0 Å². The van der Waals surface area contributed by atoms with Crippen LogP contribution >= 0.6 is 15.9 Å². The van der Waals surface area contributed by atoms with Gasteiger partial charge in [-0.15, -0.1) is 0 Å². The van der Waals surface area contributed by atoms with E-state index in [0.29, 0.717) is 22.6 Å². The van der Waals surface area contributed by atoms with Crippen molar-refractivity contribution in [3.63, 3.8) is 0 Å². The Morgan fingerprint density at radius 1 is 1.12 bits per heavy atom. The first-order valence-corrected chi connectivity index (χ1v) is 8.29. The quantitative estimate of drug-likeness (QED) is 0.267. The van der Waals surface area contributed by atoms with E-state index < -0.39 is 16.4 Å². The molecule has 7 heteroatoms. The second-order valence-corrected chi connectivity index (χ2v) is 6.28. The molecule has 2 aromatic carbocycles. The lowest BCUT2D eigenvalue weighted by Gasteiger charge is -1.99. The van der Waals surface area contributed by atoms with Crippen molar-refractivity contribution in [2.45, 2.75) is 0 Å². The Hall–Kier alpha value is -3.19. The summed E-state index contributed by atoms with van der Waals surface area (Å²) >= 11 is 3.31. The van der Waals surface area contributed by atoms with Crippen LogP contribution < -0.4 is 0 Å². The molecule has 0 fully saturated rings. The van der Waals surface area contributed by atoms with E-state index >= 15 is 0 Å². The largest absolute Gasteiger partial charge is 0.502 e. The van der Waals surface area contributed by atoms with Gasteiger partial charge < -0.3 is 9.52 Å². The van der Waals surface area contributed by atoms with Crippen LogP contribution in [-0.4, -0.2) is 15.8 Å². The highest BCUT2D eigenvalue weighted by Crippen LogP contribution is 2.32. The number of nitro benzene ring substituents is 1. The minimum Gasteiger partial charge on any atom is -0.502 e. The van der Waals surface area contributed by atoms with E-state index in [1.807, 2.05) is 0 Å². The molecule has 0 aliphatic heterocycles. The summed E-state index contributed by atoms with van der Waals surface area (Å²) in [6, 6.07) is 14.3. The maximum atomic E-state index is 12.1. The molecule has 1 N–H and O–H groups in total. The van der Waals surface area contributed by atoms with Crippen molar-refractivity contribution in [1.29, 1.82) is 0 Å². The summed E-state index contributed by atoms with van der Waals surface area (Å²) in [7, 11) is 0. The average molecular weight is 414 g/mol.